The van der Waals surface area contributed by atoms with E-state index in [0.29, 0.717) is 5.92 Å². The van der Waals surface area contributed by atoms with Crippen molar-refractivity contribution in [2.75, 3.05) is 0 Å². The lowest BCUT2D eigenvalue weighted by Gasteiger charge is -2.12. The Hall–Kier alpha value is -1.82. The second kappa shape index (κ2) is 5.28. The summed E-state index contributed by atoms with van der Waals surface area (Å²) in [5.74, 6) is 0.648. The Labute approximate surface area is 122 Å². The first-order valence-corrected chi connectivity index (χ1v) is 7.59. The van der Waals surface area contributed by atoms with Gasteiger partial charge in [0.25, 0.3) is 0 Å². The standard InChI is InChI=1S/C20H22/c1-4-14(2)16-9-11-17(12-10-16)20-15(3)13-18-7-5-6-8-19(18)20/h5-12,14H,4,13H2,1-3H3. The minimum atomic E-state index is 0.648. The summed E-state index contributed by atoms with van der Waals surface area (Å²) in [6, 6.07) is 18.0. The molecule has 0 heteroatoms. The van der Waals surface area contributed by atoms with E-state index in [1.807, 2.05) is 0 Å². The zero-order valence-electron chi connectivity index (χ0n) is 12.6. The molecule has 0 saturated carbocycles. The molecule has 1 aliphatic carbocycles. The minimum Gasteiger partial charge on any atom is -0.0648 e. The molecule has 0 aliphatic heterocycles. The fourth-order valence-corrected chi connectivity index (χ4v) is 3.14. The molecule has 1 unspecified atom stereocenters. The van der Waals surface area contributed by atoms with E-state index in [1.165, 1.54) is 39.8 Å². The number of fused-ring (bicyclic) bond motifs is 1. The Morgan fingerprint density at radius 3 is 2.40 bits per heavy atom. The van der Waals surface area contributed by atoms with Gasteiger partial charge in [-0.05, 0) is 53.5 Å². The smallest absolute Gasteiger partial charge is 0.00543 e. The lowest BCUT2D eigenvalue weighted by Crippen LogP contribution is -1.93. The molecule has 1 aliphatic rings. The Bertz CT molecular complexity index is 644. The van der Waals surface area contributed by atoms with Crippen molar-refractivity contribution in [1.29, 1.82) is 0 Å². The van der Waals surface area contributed by atoms with Gasteiger partial charge in [-0.2, -0.15) is 0 Å². The van der Waals surface area contributed by atoms with Crippen LogP contribution in [-0.4, -0.2) is 0 Å². The Balaban J connectivity index is 1.99. The zero-order chi connectivity index (χ0) is 14.1. The van der Waals surface area contributed by atoms with Crippen molar-refractivity contribution in [1.82, 2.24) is 0 Å². The van der Waals surface area contributed by atoms with Crippen LogP contribution in [-0.2, 0) is 6.42 Å². The molecular weight excluding hydrogens is 240 g/mol. The molecular formula is C20H22. The number of benzene rings is 2. The second-order valence-electron chi connectivity index (χ2n) is 5.92. The van der Waals surface area contributed by atoms with Gasteiger partial charge in [-0.25, -0.2) is 0 Å². The number of rotatable bonds is 3. The first-order valence-electron chi connectivity index (χ1n) is 7.59. The Morgan fingerprint density at radius 2 is 1.70 bits per heavy atom. The maximum atomic E-state index is 2.30. The Morgan fingerprint density at radius 1 is 1.00 bits per heavy atom. The molecule has 3 rings (SSSR count). The summed E-state index contributed by atoms with van der Waals surface area (Å²) in [6.45, 7) is 6.81. The summed E-state index contributed by atoms with van der Waals surface area (Å²) in [5, 5.41) is 0. The molecule has 0 spiro atoms. The maximum Gasteiger partial charge on any atom is -0.00543 e. The van der Waals surface area contributed by atoms with E-state index in [-0.39, 0.29) is 0 Å². The lowest BCUT2D eigenvalue weighted by molar-refractivity contribution is 0.733. The van der Waals surface area contributed by atoms with Gasteiger partial charge in [0.2, 0.25) is 0 Å². The van der Waals surface area contributed by atoms with Gasteiger partial charge in [0, 0.05) is 0 Å². The van der Waals surface area contributed by atoms with E-state index in [2.05, 4.69) is 69.3 Å². The van der Waals surface area contributed by atoms with Crippen LogP contribution < -0.4 is 0 Å². The highest BCUT2D eigenvalue weighted by Crippen LogP contribution is 2.37. The highest BCUT2D eigenvalue weighted by atomic mass is 14.2. The molecule has 0 heterocycles. The molecule has 0 radical (unpaired) electrons. The van der Waals surface area contributed by atoms with Crippen LogP contribution >= 0.6 is 0 Å². The summed E-state index contributed by atoms with van der Waals surface area (Å²) in [4.78, 5) is 0. The average Bonchev–Trinajstić information content (AvgIpc) is 2.82. The van der Waals surface area contributed by atoms with E-state index in [9.17, 15) is 0 Å². The largest absolute Gasteiger partial charge is 0.0648 e. The van der Waals surface area contributed by atoms with Crippen LogP contribution in [0.2, 0.25) is 0 Å². The molecule has 0 amide bonds. The predicted octanol–water partition coefficient (Wildman–Crippen LogP) is 5.58. The van der Waals surface area contributed by atoms with Crippen molar-refractivity contribution in [2.45, 2.75) is 39.5 Å². The van der Waals surface area contributed by atoms with Crippen LogP contribution in [0.4, 0.5) is 0 Å². The second-order valence-corrected chi connectivity index (χ2v) is 5.92. The number of hydrogen-bond donors (Lipinski definition) is 0. The summed E-state index contributed by atoms with van der Waals surface area (Å²) >= 11 is 0. The van der Waals surface area contributed by atoms with E-state index in [1.54, 1.807) is 0 Å². The van der Waals surface area contributed by atoms with E-state index >= 15 is 0 Å². The van der Waals surface area contributed by atoms with Gasteiger partial charge in [0.05, 0.1) is 0 Å². The number of allylic oxidation sites excluding steroid dienone is 1. The summed E-state index contributed by atoms with van der Waals surface area (Å²) < 4.78 is 0. The van der Waals surface area contributed by atoms with E-state index in [4.69, 9.17) is 0 Å². The highest BCUT2D eigenvalue weighted by Gasteiger charge is 2.19. The van der Waals surface area contributed by atoms with Crippen molar-refractivity contribution in [2.24, 2.45) is 0 Å². The lowest BCUT2D eigenvalue weighted by atomic mass is 9.93. The van der Waals surface area contributed by atoms with Crippen LogP contribution in [0.1, 0.15) is 55.4 Å². The summed E-state index contributed by atoms with van der Waals surface area (Å²) in [7, 11) is 0. The SMILES string of the molecule is CCC(C)c1ccc(C2=C(C)Cc3ccccc32)cc1. The molecule has 2 aromatic carbocycles. The van der Waals surface area contributed by atoms with Crippen LogP contribution in [0, 0.1) is 0 Å². The Kier molecular flexibility index (Phi) is 3.48. The summed E-state index contributed by atoms with van der Waals surface area (Å²) in [5.41, 5.74) is 8.62. The highest BCUT2D eigenvalue weighted by molar-refractivity contribution is 5.87. The quantitative estimate of drug-likeness (QED) is 0.677. The van der Waals surface area contributed by atoms with Crippen LogP contribution in [0.3, 0.4) is 0 Å². The summed E-state index contributed by atoms with van der Waals surface area (Å²) in [6.07, 6.45) is 2.29. The van der Waals surface area contributed by atoms with Crippen molar-refractivity contribution in [3.8, 4) is 0 Å². The molecule has 0 nitrogen and oxygen atoms in total. The third kappa shape index (κ3) is 2.20. The zero-order valence-corrected chi connectivity index (χ0v) is 12.6. The van der Waals surface area contributed by atoms with Gasteiger partial charge in [0.1, 0.15) is 0 Å². The molecule has 2 aromatic rings. The van der Waals surface area contributed by atoms with Crippen molar-refractivity contribution >= 4 is 5.57 Å². The van der Waals surface area contributed by atoms with Gasteiger partial charge in [0.15, 0.2) is 0 Å². The molecule has 0 aromatic heterocycles. The fraction of sp³-hybridized carbons (Fsp3) is 0.300. The van der Waals surface area contributed by atoms with Gasteiger partial charge < -0.3 is 0 Å². The van der Waals surface area contributed by atoms with Gasteiger partial charge in [-0.15, -0.1) is 0 Å². The monoisotopic (exact) mass is 262 g/mol. The van der Waals surface area contributed by atoms with Crippen molar-refractivity contribution in [3.63, 3.8) is 0 Å². The first-order chi connectivity index (χ1) is 9.70. The molecule has 0 bridgehead atoms. The van der Waals surface area contributed by atoms with E-state index in [0.717, 1.165) is 6.42 Å². The minimum absolute atomic E-state index is 0.648. The first kappa shape index (κ1) is 13.2. The average molecular weight is 262 g/mol. The maximum absolute atomic E-state index is 2.30. The molecule has 1 atom stereocenters. The third-order valence-electron chi connectivity index (χ3n) is 4.55. The molecule has 0 saturated heterocycles. The predicted molar refractivity (Wildman–Crippen MR) is 87.0 cm³/mol. The van der Waals surface area contributed by atoms with Crippen LogP contribution in [0.15, 0.2) is 54.1 Å². The molecule has 20 heavy (non-hydrogen) atoms. The van der Waals surface area contributed by atoms with Crippen molar-refractivity contribution < 1.29 is 0 Å². The van der Waals surface area contributed by atoms with Gasteiger partial charge in [-0.3, -0.25) is 0 Å². The topological polar surface area (TPSA) is 0 Å². The van der Waals surface area contributed by atoms with Gasteiger partial charge >= 0.3 is 0 Å². The fourth-order valence-electron chi connectivity index (χ4n) is 3.14. The van der Waals surface area contributed by atoms with Crippen LogP contribution in [0.5, 0.6) is 0 Å². The molecule has 0 fully saturated rings. The van der Waals surface area contributed by atoms with Crippen molar-refractivity contribution in [3.05, 3.63) is 76.4 Å². The molecule has 102 valence electrons. The number of hydrogen-bond acceptors (Lipinski definition) is 0. The molecule has 0 N–H and O–H groups in total. The third-order valence-corrected chi connectivity index (χ3v) is 4.55. The van der Waals surface area contributed by atoms with E-state index < -0.39 is 0 Å². The van der Waals surface area contributed by atoms with Crippen LogP contribution in [0.25, 0.3) is 5.57 Å². The normalized spacial score (nSPS) is 15.3. The van der Waals surface area contributed by atoms with Gasteiger partial charge in [-0.1, -0.05) is 68.0 Å².